The number of nitrogens with zero attached hydrogens (tertiary/aromatic N) is 2. The molecule has 2 N–H and O–H groups in total. The average Bonchev–Trinajstić information content (AvgIpc) is 3.27. The second kappa shape index (κ2) is 7.51. The Kier molecular flexibility index (Phi) is 5.38. The zero-order chi connectivity index (χ0) is 24.4. The smallest absolute Gasteiger partial charge is 0.274 e. The van der Waals surface area contributed by atoms with Crippen LogP contribution >= 0.6 is 0 Å². The molecule has 2 fully saturated rings. The van der Waals surface area contributed by atoms with Crippen LogP contribution in [-0.2, 0) is 21.9 Å². The molecule has 0 bridgehead atoms. The van der Waals surface area contributed by atoms with Crippen LogP contribution < -0.4 is 5.32 Å². The number of carbonyl (C=O) groups excluding carboxylic acids is 1. The number of hydrogen-bond donors (Lipinski definition) is 2. The Morgan fingerprint density at radius 1 is 1.27 bits per heavy atom. The molecule has 12 heteroatoms. The fourth-order valence-electron chi connectivity index (χ4n) is 4.39. The molecule has 1 aromatic heterocycles. The van der Waals surface area contributed by atoms with Gasteiger partial charge in [0.25, 0.3) is 12.3 Å². The van der Waals surface area contributed by atoms with E-state index >= 15 is 0 Å². The van der Waals surface area contributed by atoms with Gasteiger partial charge in [0.05, 0.1) is 15.3 Å². The fourth-order valence-corrected chi connectivity index (χ4v) is 5.08. The third-order valence-electron chi connectivity index (χ3n) is 5.98. The summed E-state index contributed by atoms with van der Waals surface area (Å²) >= 11 is 0. The Bertz CT molecular complexity index is 1210. The number of nitrogens with one attached hydrogen (secondary N) is 2. The van der Waals surface area contributed by atoms with Gasteiger partial charge in [-0.3, -0.25) is 9.48 Å². The van der Waals surface area contributed by atoms with E-state index in [-0.39, 0.29) is 30.0 Å². The van der Waals surface area contributed by atoms with E-state index in [9.17, 15) is 31.0 Å². The van der Waals surface area contributed by atoms with Crippen LogP contribution in [0.5, 0.6) is 0 Å². The highest BCUT2D eigenvalue weighted by Gasteiger charge is 2.55. The van der Waals surface area contributed by atoms with Crippen LogP contribution in [0, 0.1) is 10.2 Å². The molecule has 4 rings (SSSR count). The van der Waals surface area contributed by atoms with Crippen LogP contribution in [0.4, 0.5) is 27.6 Å². The zero-order valence-corrected chi connectivity index (χ0v) is 18.7. The lowest BCUT2D eigenvalue weighted by molar-refractivity contribution is -0.160. The molecular formula is C21H23F5N4O2S. The molecule has 180 valence electrons. The van der Waals surface area contributed by atoms with Crippen LogP contribution in [0.2, 0.25) is 0 Å². The minimum atomic E-state index is -3.22. The van der Waals surface area contributed by atoms with Gasteiger partial charge in [-0.2, -0.15) is 5.10 Å². The summed E-state index contributed by atoms with van der Waals surface area (Å²) in [5.74, 6) is -3.91. The molecule has 1 amide bonds. The first-order valence-electron chi connectivity index (χ1n) is 10.2. The molecule has 1 unspecified atom stereocenters. The maximum Gasteiger partial charge on any atom is 0.274 e. The number of aromatic nitrogens is 2. The Morgan fingerprint density at radius 3 is 2.42 bits per heavy atom. The van der Waals surface area contributed by atoms with Gasteiger partial charge >= 0.3 is 0 Å². The van der Waals surface area contributed by atoms with E-state index in [0.717, 1.165) is 4.68 Å². The summed E-state index contributed by atoms with van der Waals surface area (Å²) < 4.78 is 90.6. The zero-order valence-electron chi connectivity index (χ0n) is 17.9. The minimum absolute atomic E-state index is 0.0173. The number of halogens is 5. The van der Waals surface area contributed by atoms with Gasteiger partial charge in [-0.15, -0.1) is 0 Å². The predicted molar refractivity (Wildman–Crippen MR) is 111 cm³/mol. The lowest BCUT2D eigenvalue weighted by Gasteiger charge is -2.44. The molecule has 2 aliphatic carbocycles. The van der Waals surface area contributed by atoms with Crippen molar-refractivity contribution in [1.29, 1.82) is 4.78 Å². The lowest BCUT2D eigenvalue weighted by atomic mass is 9.67. The van der Waals surface area contributed by atoms with Gasteiger partial charge in [-0.1, -0.05) is 13.0 Å². The van der Waals surface area contributed by atoms with E-state index in [4.69, 9.17) is 4.78 Å². The Labute approximate surface area is 187 Å². The van der Waals surface area contributed by atoms with Gasteiger partial charge in [0.15, 0.2) is 5.67 Å². The van der Waals surface area contributed by atoms with E-state index in [2.05, 4.69) is 10.4 Å². The van der Waals surface area contributed by atoms with Crippen molar-refractivity contribution in [1.82, 2.24) is 9.78 Å². The normalized spacial score (nSPS) is 21.8. The SMILES string of the molecule is CC1(Cn2nc(C3(F)CC3)c(C(F)F)c2C(=O)Nc2cccc(S(C)(=N)=O)c2)CC(F)(F)C1. The number of benzene rings is 1. The quantitative estimate of drug-likeness (QED) is 0.502. The predicted octanol–water partition coefficient (Wildman–Crippen LogP) is 5.50. The minimum Gasteiger partial charge on any atom is -0.321 e. The van der Waals surface area contributed by atoms with Crippen molar-refractivity contribution in [3.05, 3.63) is 41.2 Å². The van der Waals surface area contributed by atoms with Crippen molar-refractivity contribution in [2.45, 2.75) is 62.1 Å². The largest absolute Gasteiger partial charge is 0.321 e. The number of hydrogen-bond acceptors (Lipinski definition) is 4. The summed E-state index contributed by atoms with van der Waals surface area (Å²) in [4.78, 5) is 13.2. The van der Waals surface area contributed by atoms with E-state index in [1.54, 1.807) is 0 Å². The van der Waals surface area contributed by atoms with Crippen LogP contribution in [-0.4, -0.2) is 32.1 Å². The lowest BCUT2D eigenvalue weighted by Crippen LogP contribution is -2.47. The molecule has 0 radical (unpaired) electrons. The van der Waals surface area contributed by atoms with Crippen molar-refractivity contribution < 1.29 is 31.0 Å². The Balaban J connectivity index is 1.74. The standard InChI is InChI=1S/C21H23F5N4O2S/c1-19(9-21(25,26)10-19)11-30-15(14(17(22)23)16(29-30)20(24)6-7-20)18(31)28-12-4-3-5-13(8-12)33(2,27)32/h3-5,8,17,27H,6-7,9-11H2,1-2H3,(H,28,31). The van der Waals surface area contributed by atoms with E-state index < -0.39 is 68.9 Å². The summed E-state index contributed by atoms with van der Waals surface area (Å²) in [6.07, 6.45) is -3.07. The number of amides is 1. The molecular weight excluding hydrogens is 467 g/mol. The van der Waals surface area contributed by atoms with Crippen LogP contribution in [0.1, 0.15) is 60.8 Å². The van der Waals surface area contributed by atoms with Crippen LogP contribution in [0.25, 0.3) is 0 Å². The van der Waals surface area contributed by atoms with Gasteiger partial charge in [0.2, 0.25) is 5.92 Å². The molecule has 6 nitrogen and oxygen atoms in total. The molecule has 2 aromatic rings. The van der Waals surface area contributed by atoms with Crippen molar-refractivity contribution in [3.8, 4) is 0 Å². The highest BCUT2D eigenvalue weighted by molar-refractivity contribution is 7.91. The fraction of sp³-hybridized carbons (Fsp3) is 0.524. The molecule has 2 aliphatic rings. The molecule has 1 atom stereocenters. The van der Waals surface area contributed by atoms with Crippen LogP contribution in [0.15, 0.2) is 29.2 Å². The van der Waals surface area contributed by atoms with Crippen molar-refractivity contribution >= 4 is 21.3 Å². The molecule has 0 spiro atoms. The number of alkyl halides is 5. The number of rotatable bonds is 7. The molecule has 0 aliphatic heterocycles. The first-order chi connectivity index (χ1) is 15.1. The first kappa shape index (κ1) is 23.7. The van der Waals surface area contributed by atoms with Crippen molar-refractivity contribution in [3.63, 3.8) is 0 Å². The van der Waals surface area contributed by atoms with E-state index in [1.165, 1.54) is 37.4 Å². The summed E-state index contributed by atoms with van der Waals surface area (Å²) in [6, 6.07) is 5.57. The average molecular weight is 490 g/mol. The van der Waals surface area contributed by atoms with Crippen LogP contribution in [0.3, 0.4) is 0 Å². The van der Waals surface area contributed by atoms with Crippen molar-refractivity contribution in [2.24, 2.45) is 5.41 Å². The third kappa shape index (κ3) is 4.62. The van der Waals surface area contributed by atoms with Gasteiger partial charge in [0.1, 0.15) is 11.4 Å². The van der Waals surface area contributed by atoms with Gasteiger partial charge in [-0.25, -0.2) is 30.9 Å². The maximum atomic E-state index is 14.9. The highest BCUT2D eigenvalue weighted by Crippen LogP contribution is 2.54. The van der Waals surface area contributed by atoms with E-state index in [1.807, 2.05) is 0 Å². The summed E-state index contributed by atoms with van der Waals surface area (Å²) in [7, 11) is -3.10. The highest BCUT2D eigenvalue weighted by atomic mass is 32.2. The summed E-state index contributed by atoms with van der Waals surface area (Å²) in [5, 5.41) is 6.40. The molecule has 1 heterocycles. The second-order valence-corrected chi connectivity index (χ2v) is 11.5. The molecule has 0 saturated heterocycles. The maximum absolute atomic E-state index is 14.9. The molecule has 33 heavy (non-hydrogen) atoms. The van der Waals surface area contributed by atoms with Gasteiger partial charge in [-0.05, 0) is 36.5 Å². The number of anilines is 1. The van der Waals surface area contributed by atoms with Gasteiger partial charge < -0.3 is 5.32 Å². The number of carbonyl (C=O) groups is 1. The summed E-state index contributed by atoms with van der Waals surface area (Å²) in [6.45, 7) is 1.28. The Morgan fingerprint density at radius 2 is 1.91 bits per heavy atom. The molecule has 2 saturated carbocycles. The molecule has 1 aromatic carbocycles. The second-order valence-electron chi connectivity index (χ2n) is 9.38. The van der Waals surface area contributed by atoms with Crippen molar-refractivity contribution in [2.75, 3.05) is 11.6 Å². The third-order valence-corrected chi connectivity index (χ3v) is 7.13. The summed E-state index contributed by atoms with van der Waals surface area (Å²) in [5.41, 5.74) is -4.94. The van der Waals surface area contributed by atoms with Gasteiger partial charge in [0, 0.05) is 36.2 Å². The topological polar surface area (TPSA) is 87.8 Å². The monoisotopic (exact) mass is 490 g/mol. The first-order valence-corrected chi connectivity index (χ1v) is 12.2. The van der Waals surface area contributed by atoms with E-state index in [0.29, 0.717) is 0 Å². The Hall–Kier alpha value is -2.50.